The van der Waals surface area contributed by atoms with Gasteiger partial charge in [0, 0.05) is 98.9 Å². The number of anilines is 3. The molecule has 9 aromatic heterocycles. The summed E-state index contributed by atoms with van der Waals surface area (Å²) >= 11 is 20.3. The fourth-order valence-electron chi connectivity index (χ4n) is 15.9. The van der Waals surface area contributed by atoms with Crippen molar-refractivity contribution < 1.29 is 18.8 Å². The second-order valence-corrected chi connectivity index (χ2v) is 35.1. The molecule has 30 heteroatoms. The predicted molar refractivity (Wildman–Crippen MR) is 482 cm³/mol. The molecule has 6 atom stereocenters. The monoisotopic (exact) mass is 1710 g/mol. The highest BCUT2D eigenvalue weighted by Gasteiger charge is 2.39. The molecule has 3 aliphatic rings. The lowest BCUT2D eigenvalue weighted by molar-refractivity contribution is -0.129. The number of nitriles is 1. The van der Waals surface area contributed by atoms with Gasteiger partial charge in [0.2, 0.25) is 17.7 Å². The summed E-state index contributed by atoms with van der Waals surface area (Å²) in [6, 6.07) is 14.3. The van der Waals surface area contributed by atoms with Crippen LogP contribution in [-0.4, -0.2) is 171 Å². The van der Waals surface area contributed by atoms with Crippen molar-refractivity contribution >= 4 is 103 Å². The minimum absolute atomic E-state index is 0.0559. The molecule has 3 amide bonds. The first-order valence-corrected chi connectivity index (χ1v) is 42.3. The van der Waals surface area contributed by atoms with Crippen LogP contribution in [-0.2, 0) is 20.8 Å². The molecule has 3 saturated heterocycles. The normalized spacial score (nSPS) is 17.5. The number of benzene rings is 1. The van der Waals surface area contributed by atoms with Crippen LogP contribution in [0.1, 0.15) is 206 Å². The van der Waals surface area contributed by atoms with Gasteiger partial charge < -0.3 is 29.4 Å². The number of fused-ring (bicyclic) bond motifs is 3. The Kier molecular flexibility index (Phi) is 27.9. The summed E-state index contributed by atoms with van der Waals surface area (Å²) in [7, 11) is 0. The van der Waals surface area contributed by atoms with Crippen molar-refractivity contribution in [1.29, 1.82) is 5.26 Å². The first kappa shape index (κ1) is 91.1. The van der Waals surface area contributed by atoms with Crippen molar-refractivity contribution in [3.05, 3.63) is 208 Å². The van der Waals surface area contributed by atoms with Crippen molar-refractivity contribution in [3.63, 3.8) is 0 Å². The topological polar surface area (TPSA) is 289 Å². The zero-order valence-corrected chi connectivity index (χ0v) is 75.3. The zero-order chi connectivity index (χ0) is 89.3. The van der Waals surface area contributed by atoms with Gasteiger partial charge >= 0.3 is 17.1 Å². The lowest BCUT2D eigenvalue weighted by Crippen LogP contribution is -2.58. The van der Waals surface area contributed by atoms with Gasteiger partial charge in [0.1, 0.15) is 35.3 Å². The van der Waals surface area contributed by atoms with Crippen molar-refractivity contribution in [2.24, 2.45) is 5.41 Å². The first-order valence-electron chi connectivity index (χ1n) is 41.2. The fourth-order valence-corrected chi connectivity index (χ4v) is 16.6. The summed E-state index contributed by atoms with van der Waals surface area (Å²) in [5, 5.41) is 12.1. The second-order valence-electron chi connectivity index (χ2n) is 33.9. The molecule has 122 heavy (non-hydrogen) atoms. The van der Waals surface area contributed by atoms with Gasteiger partial charge in [-0.05, 0) is 190 Å². The SMILES string of the molecule is C=CC(=O)N1CC(C)N(c2nc(=O)n(-c3c(C(C)C)ncnc3C(C)C)c3nc(-c4ccc(C#N)cc4F)c(Cl)cc23)CC1C.C=CC(=O)N1CC(C)N(c2nc(=O)n(-c3c(C)ccnc3C(C)C)c3nc(C#CC(C)(C)C)c(Cl)cc23)CC1C.C=CC(=O)N1CC(C)N(c2nc(=O)n(-c3c(C)ccnc3C(C)C)c3nc(CCC)c(Cl)cc23)CC1C. The molecule has 0 spiro atoms. The van der Waals surface area contributed by atoms with Crippen LogP contribution in [0.5, 0.6) is 0 Å². The Hall–Kier alpha value is -11.7. The van der Waals surface area contributed by atoms with E-state index in [1.165, 1.54) is 41.3 Å². The largest absolute Gasteiger partial charge is 0.355 e. The van der Waals surface area contributed by atoms with E-state index in [9.17, 15) is 34.0 Å². The van der Waals surface area contributed by atoms with E-state index in [-0.39, 0.29) is 111 Å². The molecule has 0 radical (unpaired) electrons. The highest BCUT2D eigenvalue weighted by Crippen LogP contribution is 2.41. The first-order chi connectivity index (χ1) is 57.7. The standard InChI is InChI=1S/C33H34ClFN8O2.C31H37ClN6O2.C28H35ClN6O2/c1-8-26(44)41-14-20(7)42(15-19(41)6)31-23-12-24(34)29(22-10-9-21(13-36)11-25(22)35)39-32(23)43(33(45)40-31)30-27(17(2)3)37-16-38-28(30)18(4)5;1-10-25(39)36-16-21(6)37(17-20(36)5)28-22-15-23(32)24(11-13-31(7,8)9)34-29(22)38(30(40)35-28)27-19(4)12-14-33-26(27)18(2)3;1-8-10-22-21(29)13-20-26(34-15-18(6)33(14-19(34)7)23(36)9-2)32-28(37)35(27(20)31-22)25-17(5)11-12-30-24(25)16(3)4/h8-12,16-20H,1,14-15H2,2-7H3;10,12,14-15,18,20-21H,1,16-17H2,2-9H3;9,11-13,16,18-19H,2,8,10,14-15H2,1,3-7H3. The van der Waals surface area contributed by atoms with E-state index in [2.05, 4.69) is 97.0 Å². The smallest absolute Gasteiger partial charge is 0.349 e. The van der Waals surface area contributed by atoms with Crippen LogP contribution in [0.15, 0.2) is 120 Å². The maximum absolute atomic E-state index is 15.3. The number of rotatable bonds is 16. The van der Waals surface area contributed by atoms with Crippen molar-refractivity contribution in [2.45, 2.75) is 211 Å². The number of hydrogen-bond donors (Lipinski definition) is 0. The molecule has 0 saturated carbocycles. The van der Waals surface area contributed by atoms with Crippen molar-refractivity contribution in [2.75, 3.05) is 54.0 Å². The fraction of sp³-hybridized carbons (Fsp3) is 0.424. The molecule has 0 bridgehead atoms. The molecule has 26 nitrogen and oxygen atoms in total. The number of halogens is 4. The van der Waals surface area contributed by atoms with Gasteiger partial charge in [0.15, 0.2) is 16.9 Å². The van der Waals surface area contributed by atoms with E-state index in [1.807, 2.05) is 147 Å². The Morgan fingerprint density at radius 1 is 0.516 bits per heavy atom. The Morgan fingerprint density at radius 3 is 1.27 bits per heavy atom. The van der Waals surface area contributed by atoms with Gasteiger partial charge in [0.25, 0.3) is 0 Å². The maximum atomic E-state index is 15.3. The van der Waals surface area contributed by atoms with Crippen molar-refractivity contribution in [3.8, 4) is 46.2 Å². The van der Waals surface area contributed by atoms with E-state index in [0.717, 1.165) is 40.7 Å². The van der Waals surface area contributed by atoms with Gasteiger partial charge in [-0.25, -0.2) is 57.4 Å². The molecule has 3 fully saturated rings. The lowest BCUT2D eigenvalue weighted by atomic mass is 9.98. The quantitative estimate of drug-likeness (QED) is 0.0641. The maximum Gasteiger partial charge on any atom is 0.355 e. The van der Waals surface area contributed by atoms with Gasteiger partial charge in [-0.15, -0.1) is 0 Å². The van der Waals surface area contributed by atoms with Crippen LogP contribution >= 0.6 is 34.8 Å². The number of aryl methyl sites for hydroxylation is 3. The molecule has 1 aromatic carbocycles. The number of aromatic nitrogens is 13. The number of piperazine rings is 3. The minimum Gasteiger partial charge on any atom is -0.349 e. The Labute approximate surface area is 726 Å². The third-order valence-corrected chi connectivity index (χ3v) is 23.0. The number of carbonyl (C=O) groups is 3. The molecule has 10 aromatic rings. The molecular formula is C92H106Cl3FN20O6. The third-order valence-electron chi connectivity index (χ3n) is 22.1. The number of pyridine rings is 5. The van der Waals surface area contributed by atoms with E-state index in [4.69, 9.17) is 49.8 Å². The summed E-state index contributed by atoms with van der Waals surface area (Å²) < 4.78 is 19.9. The molecule has 638 valence electrons. The predicted octanol–water partition coefficient (Wildman–Crippen LogP) is 15.9. The van der Waals surface area contributed by atoms with Crippen molar-refractivity contribution in [1.82, 2.24) is 78.2 Å². The summed E-state index contributed by atoms with van der Waals surface area (Å²) in [5.74, 6) is 6.61. The number of hydrogen-bond acceptors (Lipinski definition) is 20. The van der Waals surface area contributed by atoms with Gasteiger partial charge in [-0.1, -0.05) is 129 Å². The molecular weight excluding hydrogens is 1610 g/mol. The molecule has 0 N–H and O–H groups in total. The lowest BCUT2D eigenvalue weighted by Gasteiger charge is -2.44. The Morgan fingerprint density at radius 2 is 0.893 bits per heavy atom. The van der Waals surface area contributed by atoms with Gasteiger partial charge in [-0.2, -0.15) is 20.2 Å². The molecule has 3 aliphatic heterocycles. The summed E-state index contributed by atoms with van der Waals surface area (Å²) in [6.07, 6.45) is 10.5. The number of amides is 3. The molecule has 12 heterocycles. The Bertz CT molecular complexity index is 6090. The highest BCUT2D eigenvalue weighted by molar-refractivity contribution is 6.34. The number of carbonyl (C=O) groups excluding carboxylic acids is 3. The average Bonchev–Trinajstić information content (AvgIpc) is 0.739. The molecule has 0 aliphatic carbocycles. The minimum atomic E-state index is -0.676. The van der Waals surface area contributed by atoms with E-state index < -0.39 is 22.9 Å². The van der Waals surface area contributed by atoms with Crippen LogP contribution in [0, 0.1) is 48.3 Å². The van der Waals surface area contributed by atoms with Crippen LogP contribution in [0.2, 0.25) is 15.1 Å². The van der Waals surface area contributed by atoms with E-state index in [0.29, 0.717) is 135 Å². The highest BCUT2D eigenvalue weighted by atomic mass is 35.5. The Balaban J connectivity index is 0.000000179. The van der Waals surface area contributed by atoms with Gasteiger partial charge in [0.05, 0.1) is 94.1 Å². The van der Waals surface area contributed by atoms with Gasteiger partial charge in [-0.3, -0.25) is 24.4 Å². The van der Waals surface area contributed by atoms with Crippen LogP contribution in [0.4, 0.5) is 21.8 Å². The number of nitrogens with zero attached hydrogens (tertiary/aromatic N) is 20. The van der Waals surface area contributed by atoms with Crippen LogP contribution in [0.25, 0.3) is 61.4 Å². The molecule has 13 rings (SSSR count). The van der Waals surface area contributed by atoms with E-state index >= 15 is 4.39 Å². The van der Waals surface area contributed by atoms with Crippen LogP contribution < -0.4 is 31.8 Å². The summed E-state index contributed by atoms with van der Waals surface area (Å²) in [6.45, 7) is 53.6. The second kappa shape index (κ2) is 37.4. The molecule has 6 unspecified atom stereocenters. The van der Waals surface area contributed by atoms with Crippen LogP contribution in [0.3, 0.4) is 0 Å². The summed E-state index contributed by atoms with van der Waals surface area (Å²) in [4.78, 5) is 138. The summed E-state index contributed by atoms with van der Waals surface area (Å²) in [5.41, 5.74) is 7.37. The van der Waals surface area contributed by atoms with E-state index in [1.54, 1.807) is 48.4 Å². The average molecular weight is 1710 g/mol. The third kappa shape index (κ3) is 18.4. The zero-order valence-electron chi connectivity index (χ0n) is 73.0.